The quantitative estimate of drug-likeness (QED) is 0.690. The van der Waals surface area contributed by atoms with Gasteiger partial charge in [-0.1, -0.05) is 0 Å². The van der Waals surface area contributed by atoms with Crippen LogP contribution < -0.4 is 5.32 Å². The molecule has 0 aromatic heterocycles. The van der Waals surface area contributed by atoms with Crippen molar-refractivity contribution in [2.75, 3.05) is 0 Å². The lowest BCUT2D eigenvalue weighted by molar-refractivity contribution is -0.113. The van der Waals surface area contributed by atoms with Gasteiger partial charge >= 0.3 is 6.09 Å². The topological polar surface area (TPSA) is 55.4 Å². The van der Waals surface area contributed by atoms with Crippen molar-refractivity contribution in [1.29, 1.82) is 0 Å². The van der Waals surface area contributed by atoms with Gasteiger partial charge in [-0.2, -0.15) is 0 Å². The van der Waals surface area contributed by atoms with Gasteiger partial charge in [-0.3, -0.25) is 0 Å². The highest BCUT2D eigenvalue weighted by molar-refractivity contribution is 5.77. The number of carbonyl (C=O) groups is 2. The van der Waals surface area contributed by atoms with Crippen LogP contribution >= 0.6 is 0 Å². The third kappa shape index (κ3) is 4.21. The predicted molar refractivity (Wildman–Crippen MR) is 69.1 cm³/mol. The van der Waals surface area contributed by atoms with E-state index >= 15 is 0 Å². The van der Waals surface area contributed by atoms with E-state index in [1.165, 1.54) is 6.92 Å². The molecule has 0 aliphatic rings. The summed E-state index contributed by atoms with van der Waals surface area (Å²) >= 11 is 0. The molecule has 0 fully saturated rings. The summed E-state index contributed by atoms with van der Waals surface area (Å²) in [7, 11) is 0. The van der Waals surface area contributed by atoms with Crippen LogP contribution in [0.3, 0.4) is 0 Å². The van der Waals surface area contributed by atoms with E-state index in [4.69, 9.17) is 4.74 Å². The first-order valence-electron chi connectivity index (χ1n) is 6.11. The smallest absolute Gasteiger partial charge is 0.408 e. The maximum absolute atomic E-state index is 13.2. The Bertz CT molecular complexity index is 546. The number of halogens is 3. The number of hydrogen-bond acceptors (Lipinski definition) is 3. The zero-order valence-corrected chi connectivity index (χ0v) is 12.1. The Kier molecular flexibility index (Phi) is 4.65. The number of carbonyl (C=O) groups excluding carboxylic acids is 2. The van der Waals surface area contributed by atoms with Crippen molar-refractivity contribution in [2.24, 2.45) is 0 Å². The minimum atomic E-state index is -1.75. The standard InChI is InChI=1S/C14H16F3NO3/c1-13(2,3)21-12(20)18-14(4,7-19)8-5-9(15)11(17)10(16)6-8/h5-7H,1-4H3,(H,18,20). The molecule has 1 rings (SSSR count). The summed E-state index contributed by atoms with van der Waals surface area (Å²) < 4.78 is 44.4. The van der Waals surface area contributed by atoms with Gasteiger partial charge in [0.05, 0.1) is 0 Å². The average Bonchev–Trinajstić information content (AvgIpc) is 2.32. The minimum Gasteiger partial charge on any atom is -0.444 e. The highest BCUT2D eigenvalue weighted by Gasteiger charge is 2.32. The molecule has 0 aliphatic carbocycles. The molecule has 116 valence electrons. The second-order valence-corrected chi connectivity index (χ2v) is 5.70. The summed E-state index contributed by atoms with van der Waals surface area (Å²) in [6, 6.07) is 1.29. The van der Waals surface area contributed by atoms with Crippen LogP contribution in [0.5, 0.6) is 0 Å². The fraction of sp³-hybridized carbons (Fsp3) is 0.429. The molecule has 0 spiro atoms. The molecule has 0 saturated carbocycles. The summed E-state index contributed by atoms with van der Waals surface area (Å²) in [6.07, 6.45) is -0.662. The van der Waals surface area contributed by atoms with Crippen LogP contribution in [0.1, 0.15) is 33.3 Å². The van der Waals surface area contributed by atoms with Gasteiger partial charge in [0.15, 0.2) is 17.5 Å². The molecule has 1 N–H and O–H groups in total. The van der Waals surface area contributed by atoms with Crippen molar-refractivity contribution in [3.8, 4) is 0 Å². The van der Waals surface area contributed by atoms with Gasteiger partial charge in [0, 0.05) is 0 Å². The fourth-order valence-electron chi connectivity index (χ4n) is 1.54. The minimum absolute atomic E-state index is 0.236. The number of aldehydes is 1. The van der Waals surface area contributed by atoms with E-state index in [1.54, 1.807) is 20.8 Å². The Balaban J connectivity index is 3.10. The molecule has 7 heteroatoms. The number of benzene rings is 1. The lowest BCUT2D eigenvalue weighted by Gasteiger charge is -2.28. The maximum atomic E-state index is 13.2. The van der Waals surface area contributed by atoms with E-state index in [2.05, 4.69) is 5.32 Å². The normalized spacial score (nSPS) is 14.2. The molecule has 21 heavy (non-hydrogen) atoms. The molecule has 1 aromatic carbocycles. The highest BCUT2D eigenvalue weighted by Crippen LogP contribution is 2.23. The first-order chi connectivity index (χ1) is 9.48. The summed E-state index contributed by atoms with van der Waals surface area (Å²) in [4.78, 5) is 22.9. The largest absolute Gasteiger partial charge is 0.444 e. The van der Waals surface area contributed by atoms with Crippen molar-refractivity contribution in [2.45, 2.75) is 38.8 Å². The average molecular weight is 303 g/mol. The summed E-state index contributed by atoms with van der Waals surface area (Å²) in [5.74, 6) is -4.56. The lowest BCUT2D eigenvalue weighted by Crippen LogP contribution is -2.47. The first-order valence-corrected chi connectivity index (χ1v) is 6.11. The summed E-state index contributed by atoms with van der Waals surface area (Å²) in [5, 5.41) is 2.20. The molecule has 0 saturated heterocycles. The van der Waals surface area contributed by atoms with Crippen molar-refractivity contribution >= 4 is 12.4 Å². The van der Waals surface area contributed by atoms with Crippen molar-refractivity contribution in [1.82, 2.24) is 5.32 Å². The third-order valence-electron chi connectivity index (χ3n) is 2.58. The first kappa shape index (κ1) is 17.0. The molecular weight excluding hydrogens is 287 g/mol. The molecule has 1 atom stereocenters. The van der Waals surface area contributed by atoms with E-state index in [-0.39, 0.29) is 11.8 Å². The van der Waals surface area contributed by atoms with E-state index < -0.39 is 34.7 Å². The van der Waals surface area contributed by atoms with Gasteiger partial charge in [-0.05, 0) is 45.4 Å². The van der Waals surface area contributed by atoms with Crippen molar-refractivity contribution in [3.05, 3.63) is 35.1 Å². The SMILES string of the molecule is CC(C)(C)OC(=O)NC(C)(C=O)c1cc(F)c(F)c(F)c1. The highest BCUT2D eigenvalue weighted by atomic mass is 19.2. The second-order valence-electron chi connectivity index (χ2n) is 5.70. The number of alkyl carbamates (subject to hydrolysis) is 1. The van der Waals surface area contributed by atoms with Crippen LogP contribution in [0, 0.1) is 17.5 Å². The van der Waals surface area contributed by atoms with Crippen molar-refractivity contribution < 1.29 is 27.5 Å². The molecule has 0 radical (unpaired) electrons. The van der Waals surface area contributed by atoms with Crippen LogP contribution in [-0.4, -0.2) is 18.0 Å². The molecule has 1 aromatic rings. The number of nitrogens with one attached hydrogen (secondary N) is 1. The lowest BCUT2D eigenvalue weighted by atomic mass is 9.93. The molecule has 0 bridgehead atoms. The van der Waals surface area contributed by atoms with Crippen LogP contribution in [0.4, 0.5) is 18.0 Å². The van der Waals surface area contributed by atoms with Gasteiger partial charge < -0.3 is 14.8 Å². The van der Waals surface area contributed by atoms with Crippen LogP contribution in [0.15, 0.2) is 12.1 Å². The Labute approximate surface area is 120 Å². The Morgan fingerprint density at radius 3 is 2.00 bits per heavy atom. The zero-order chi connectivity index (χ0) is 16.4. The van der Waals surface area contributed by atoms with E-state index in [1.807, 2.05) is 0 Å². The van der Waals surface area contributed by atoms with Gasteiger partial charge in [-0.25, -0.2) is 18.0 Å². The van der Waals surface area contributed by atoms with Crippen molar-refractivity contribution in [3.63, 3.8) is 0 Å². The molecule has 4 nitrogen and oxygen atoms in total. The van der Waals surface area contributed by atoms with Crippen LogP contribution in [0.25, 0.3) is 0 Å². The van der Waals surface area contributed by atoms with E-state index in [0.29, 0.717) is 12.1 Å². The summed E-state index contributed by atoms with van der Waals surface area (Å²) in [5.41, 5.74) is -2.80. The van der Waals surface area contributed by atoms with Crippen LogP contribution in [-0.2, 0) is 15.1 Å². The monoisotopic (exact) mass is 303 g/mol. The number of ether oxygens (including phenoxy) is 1. The Hall–Kier alpha value is -2.05. The van der Waals surface area contributed by atoms with E-state index in [0.717, 1.165) is 0 Å². The number of rotatable bonds is 3. The molecule has 1 amide bonds. The second kappa shape index (κ2) is 5.75. The number of amides is 1. The van der Waals surface area contributed by atoms with Gasteiger partial charge in [0.1, 0.15) is 17.4 Å². The summed E-state index contributed by atoms with van der Waals surface area (Å²) in [6.45, 7) is 6.06. The number of hydrogen-bond donors (Lipinski definition) is 1. The van der Waals surface area contributed by atoms with Crippen LogP contribution in [0.2, 0.25) is 0 Å². The molecular formula is C14H16F3NO3. The van der Waals surface area contributed by atoms with Gasteiger partial charge in [0.2, 0.25) is 0 Å². The Morgan fingerprint density at radius 1 is 1.14 bits per heavy atom. The third-order valence-corrected chi connectivity index (χ3v) is 2.58. The Morgan fingerprint density at radius 2 is 1.62 bits per heavy atom. The fourth-order valence-corrected chi connectivity index (χ4v) is 1.54. The van der Waals surface area contributed by atoms with Gasteiger partial charge in [0.25, 0.3) is 0 Å². The molecule has 0 aliphatic heterocycles. The zero-order valence-electron chi connectivity index (χ0n) is 12.1. The molecule has 0 heterocycles. The maximum Gasteiger partial charge on any atom is 0.408 e. The molecule has 1 unspecified atom stereocenters. The van der Waals surface area contributed by atoms with E-state index in [9.17, 15) is 22.8 Å². The van der Waals surface area contributed by atoms with Gasteiger partial charge in [-0.15, -0.1) is 0 Å². The predicted octanol–water partition coefficient (Wildman–Crippen LogP) is 3.04.